The highest BCUT2D eigenvalue weighted by Crippen LogP contribution is 2.33. The SMILES string of the molecule is CC(C)[C@@H]1CC[C@@H](C)CC(=O)N[C@@H](Cc2ccc(O)cc2)C(=O)NCCCC(=O)N2C[C@H](NC(=O)CCc3ccc4c(c3)OCO4)C[C@H]2C(=O)N1. The summed E-state index contributed by atoms with van der Waals surface area (Å²) in [5, 5.41) is 21.7. The van der Waals surface area contributed by atoms with E-state index in [0.29, 0.717) is 43.6 Å². The fraction of sp³-hybridized carbons (Fsp3) is 0.553. The first-order chi connectivity index (χ1) is 24.4. The van der Waals surface area contributed by atoms with E-state index in [-0.39, 0.29) is 98.7 Å². The second-order valence-electron chi connectivity index (χ2n) is 14.4. The second kappa shape index (κ2) is 17.4. The summed E-state index contributed by atoms with van der Waals surface area (Å²) in [7, 11) is 0. The van der Waals surface area contributed by atoms with Gasteiger partial charge in [0.2, 0.25) is 36.3 Å². The van der Waals surface area contributed by atoms with Crippen molar-refractivity contribution in [1.29, 1.82) is 0 Å². The number of fused-ring (bicyclic) bond motifs is 2. The fourth-order valence-electron chi connectivity index (χ4n) is 6.90. The number of phenols is 1. The molecule has 0 radical (unpaired) electrons. The van der Waals surface area contributed by atoms with E-state index in [9.17, 15) is 29.1 Å². The number of hydrogen-bond donors (Lipinski definition) is 5. The maximum Gasteiger partial charge on any atom is 0.243 e. The van der Waals surface area contributed by atoms with Crippen molar-refractivity contribution < 1.29 is 38.6 Å². The highest BCUT2D eigenvalue weighted by molar-refractivity contribution is 5.89. The van der Waals surface area contributed by atoms with Crippen molar-refractivity contribution in [3.63, 3.8) is 0 Å². The van der Waals surface area contributed by atoms with Crippen LogP contribution in [0.3, 0.4) is 0 Å². The maximum atomic E-state index is 13.8. The molecule has 2 fully saturated rings. The molecule has 276 valence electrons. The molecule has 0 aromatic heterocycles. The maximum absolute atomic E-state index is 13.8. The first-order valence-electron chi connectivity index (χ1n) is 18.1. The second-order valence-corrected chi connectivity index (χ2v) is 14.4. The lowest BCUT2D eigenvalue weighted by Gasteiger charge is -2.29. The van der Waals surface area contributed by atoms with Crippen molar-refractivity contribution in [2.45, 2.75) is 103 Å². The number of rotatable bonds is 7. The summed E-state index contributed by atoms with van der Waals surface area (Å²) in [6, 6.07) is 9.96. The minimum atomic E-state index is -0.830. The molecule has 5 rings (SSSR count). The molecule has 3 heterocycles. The number of carbonyl (C=O) groups is 5. The number of nitrogens with zero attached hydrogens (tertiary/aromatic N) is 1. The third kappa shape index (κ3) is 10.6. The highest BCUT2D eigenvalue weighted by Gasteiger charge is 2.40. The topological polar surface area (TPSA) is 175 Å². The van der Waals surface area contributed by atoms with Crippen molar-refractivity contribution >= 4 is 29.5 Å². The van der Waals surface area contributed by atoms with E-state index < -0.39 is 18.1 Å². The van der Waals surface area contributed by atoms with Crippen LogP contribution in [0.25, 0.3) is 0 Å². The van der Waals surface area contributed by atoms with Crippen LogP contribution < -0.4 is 30.7 Å². The third-order valence-corrected chi connectivity index (χ3v) is 9.90. The third-order valence-electron chi connectivity index (χ3n) is 9.90. The van der Waals surface area contributed by atoms with Gasteiger partial charge in [-0.2, -0.15) is 0 Å². The van der Waals surface area contributed by atoms with Gasteiger partial charge in [0.05, 0.1) is 0 Å². The standard InChI is InChI=1S/C38H51N5O8/c1-23(2)29-13-6-24(3)17-35(46)41-30(18-25-7-11-28(44)12-8-25)37(48)39-16-4-5-36(47)43-21-27(20-31(43)38(49)42-29)40-34(45)15-10-26-9-14-32-33(19-26)51-22-50-32/h7-9,11-12,14,19,23-24,27,29-31,44H,4-6,10,13,15-18,20-22H2,1-3H3,(H,39,48)(H,40,45)(H,41,46)(H,42,49)/t24-,27-,29+,30+,31+/m1/s1. The Kier molecular flexibility index (Phi) is 12.8. The van der Waals surface area contributed by atoms with E-state index in [1.165, 1.54) is 12.1 Å². The molecule has 51 heavy (non-hydrogen) atoms. The van der Waals surface area contributed by atoms with Crippen molar-refractivity contribution in [2.24, 2.45) is 11.8 Å². The van der Waals surface area contributed by atoms with Crippen LogP contribution in [0.15, 0.2) is 42.5 Å². The first kappa shape index (κ1) is 37.4. The van der Waals surface area contributed by atoms with Gasteiger partial charge in [-0.05, 0) is 79.3 Å². The van der Waals surface area contributed by atoms with Gasteiger partial charge in [-0.25, -0.2) is 0 Å². The van der Waals surface area contributed by atoms with Crippen LogP contribution in [0.1, 0.15) is 76.8 Å². The van der Waals surface area contributed by atoms with Gasteiger partial charge in [-0.3, -0.25) is 24.0 Å². The monoisotopic (exact) mass is 705 g/mol. The lowest BCUT2D eigenvalue weighted by molar-refractivity contribution is -0.139. The van der Waals surface area contributed by atoms with Gasteiger partial charge in [0.25, 0.3) is 0 Å². The number of phenolic OH excluding ortho intramolecular Hbond substituents is 1. The van der Waals surface area contributed by atoms with Gasteiger partial charge in [-0.15, -0.1) is 0 Å². The molecule has 13 nitrogen and oxygen atoms in total. The summed E-state index contributed by atoms with van der Waals surface area (Å²) in [4.78, 5) is 68.4. The Labute approximate surface area is 299 Å². The number of benzene rings is 2. The van der Waals surface area contributed by atoms with Gasteiger partial charge in [0.15, 0.2) is 11.5 Å². The summed E-state index contributed by atoms with van der Waals surface area (Å²) in [6.45, 7) is 6.62. The minimum absolute atomic E-state index is 0.0127. The predicted octanol–water partition coefficient (Wildman–Crippen LogP) is 2.72. The number of nitrogens with one attached hydrogen (secondary N) is 4. The smallest absolute Gasteiger partial charge is 0.243 e. The minimum Gasteiger partial charge on any atom is -0.508 e. The summed E-state index contributed by atoms with van der Waals surface area (Å²) >= 11 is 0. The molecule has 3 aliphatic rings. The highest BCUT2D eigenvalue weighted by atomic mass is 16.7. The molecule has 13 heteroatoms. The van der Waals surface area contributed by atoms with Crippen molar-refractivity contribution in [2.75, 3.05) is 19.9 Å². The Morgan fingerprint density at radius 1 is 0.980 bits per heavy atom. The van der Waals surface area contributed by atoms with Crippen LogP contribution in [0, 0.1) is 11.8 Å². The van der Waals surface area contributed by atoms with Crippen molar-refractivity contribution in [1.82, 2.24) is 26.2 Å². The molecule has 2 aromatic carbocycles. The fourth-order valence-corrected chi connectivity index (χ4v) is 6.90. The molecule has 3 aliphatic heterocycles. The summed E-state index contributed by atoms with van der Waals surface area (Å²) in [5.74, 6) is 0.289. The molecular weight excluding hydrogens is 654 g/mol. The first-order valence-corrected chi connectivity index (χ1v) is 18.1. The molecule has 0 spiro atoms. The average Bonchev–Trinajstić information content (AvgIpc) is 3.74. The van der Waals surface area contributed by atoms with Crippen LogP contribution in [0.5, 0.6) is 17.2 Å². The Balaban J connectivity index is 1.25. The Morgan fingerprint density at radius 2 is 1.73 bits per heavy atom. The van der Waals surface area contributed by atoms with E-state index in [4.69, 9.17) is 9.47 Å². The van der Waals surface area contributed by atoms with Crippen molar-refractivity contribution in [3.8, 4) is 17.2 Å². The summed E-state index contributed by atoms with van der Waals surface area (Å²) < 4.78 is 10.8. The number of carbonyl (C=O) groups excluding carboxylic acids is 5. The molecule has 5 atom stereocenters. The Bertz CT molecular complexity index is 1560. The molecule has 0 bridgehead atoms. The molecule has 0 aliphatic carbocycles. The van der Waals surface area contributed by atoms with E-state index in [1.54, 1.807) is 17.0 Å². The zero-order chi connectivity index (χ0) is 36.5. The van der Waals surface area contributed by atoms with Crippen LogP contribution in [0.4, 0.5) is 0 Å². The molecule has 2 aromatic rings. The predicted molar refractivity (Wildman–Crippen MR) is 189 cm³/mol. The van der Waals surface area contributed by atoms with Crippen LogP contribution >= 0.6 is 0 Å². The van der Waals surface area contributed by atoms with E-state index >= 15 is 0 Å². The largest absolute Gasteiger partial charge is 0.508 e. The lowest BCUT2D eigenvalue weighted by Crippen LogP contribution is -2.50. The van der Waals surface area contributed by atoms with Crippen LogP contribution in [-0.4, -0.2) is 83.6 Å². The zero-order valence-electron chi connectivity index (χ0n) is 29.7. The molecule has 0 saturated carbocycles. The molecule has 0 unspecified atom stereocenters. The van der Waals surface area contributed by atoms with Gasteiger partial charge in [-0.1, -0.05) is 39.0 Å². The lowest BCUT2D eigenvalue weighted by atomic mass is 9.92. The molecule has 2 saturated heterocycles. The average molecular weight is 706 g/mol. The van der Waals surface area contributed by atoms with Gasteiger partial charge < -0.3 is 40.7 Å². The summed E-state index contributed by atoms with van der Waals surface area (Å²) in [5.41, 5.74) is 1.72. The van der Waals surface area contributed by atoms with E-state index in [2.05, 4.69) is 21.3 Å². The van der Waals surface area contributed by atoms with Gasteiger partial charge in [0.1, 0.15) is 17.8 Å². The number of hydrogen-bond acceptors (Lipinski definition) is 8. The van der Waals surface area contributed by atoms with Gasteiger partial charge >= 0.3 is 0 Å². The Hall–Kier alpha value is -4.81. The quantitative estimate of drug-likeness (QED) is 0.292. The molecular formula is C38H51N5O8. The number of aromatic hydroxyl groups is 1. The van der Waals surface area contributed by atoms with Gasteiger partial charge in [0, 0.05) is 50.9 Å². The van der Waals surface area contributed by atoms with Crippen LogP contribution in [0.2, 0.25) is 0 Å². The molecule has 5 amide bonds. The molecule has 5 N–H and O–H groups in total. The Morgan fingerprint density at radius 3 is 2.49 bits per heavy atom. The number of amides is 5. The van der Waals surface area contributed by atoms with Crippen molar-refractivity contribution in [3.05, 3.63) is 53.6 Å². The number of ether oxygens (including phenoxy) is 2. The summed E-state index contributed by atoms with van der Waals surface area (Å²) in [6.07, 6.45) is 3.22. The zero-order valence-corrected chi connectivity index (χ0v) is 29.7. The number of aryl methyl sites for hydroxylation is 1. The normalized spacial score (nSPS) is 24.9. The van der Waals surface area contributed by atoms with E-state index in [1.807, 2.05) is 39.0 Å². The van der Waals surface area contributed by atoms with E-state index in [0.717, 1.165) is 11.1 Å². The van der Waals surface area contributed by atoms with Crippen LogP contribution in [-0.2, 0) is 36.8 Å².